The van der Waals surface area contributed by atoms with E-state index in [1.54, 1.807) is 12.1 Å². The first-order valence-corrected chi connectivity index (χ1v) is 9.26. The van der Waals surface area contributed by atoms with Gasteiger partial charge < -0.3 is 45.2 Å². The predicted octanol–water partition coefficient (Wildman–Crippen LogP) is -0.122. The van der Waals surface area contributed by atoms with E-state index in [1.807, 2.05) is 0 Å². The second-order valence-corrected chi connectivity index (χ2v) is 6.94. The van der Waals surface area contributed by atoms with Crippen molar-refractivity contribution >= 4 is 11.9 Å². The van der Waals surface area contributed by atoms with Gasteiger partial charge in [0.2, 0.25) is 6.29 Å². The summed E-state index contributed by atoms with van der Waals surface area (Å²) in [6.45, 7) is -0.683. The van der Waals surface area contributed by atoms with Gasteiger partial charge in [-0.05, 0) is 23.8 Å². The number of aliphatic hydroxyl groups excluding tert-OH is 4. The summed E-state index contributed by atoms with van der Waals surface area (Å²) in [6, 6.07) is 7.89. The first-order chi connectivity index (χ1) is 14.7. The smallest absolute Gasteiger partial charge is 0.229 e. The molecule has 10 nitrogen and oxygen atoms in total. The fraction of sp³-hybridized carbons (Fsp3) is 0.286. The molecule has 0 aliphatic carbocycles. The van der Waals surface area contributed by atoms with Gasteiger partial charge in [0, 0.05) is 12.1 Å². The van der Waals surface area contributed by atoms with Gasteiger partial charge in [-0.25, -0.2) is 0 Å². The maximum Gasteiger partial charge on any atom is 0.229 e. The predicted molar refractivity (Wildman–Crippen MR) is 106 cm³/mol. The number of allylic oxidation sites excluding steroid dienone is 1. The van der Waals surface area contributed by atoms with Crippen molar-refractivity contribution in [1.82, 2.24) is 0 Å². The molecule has 7 N–H and O–H groups in total. The molecule has 1 saturated heterocycles. The van der Waals surface area contributed by atoms with E-state index in [0.717, 1.165) is 18.2 Å². The number of ketones is 1. The lowest BCUT2D eigenvalue weighted by atomic mass is 9.99. The normalized spacial score (nSPS) is 26.1. The molecular formula is C21H22O10. The molecule has 1 aliphatic heterocycles. The highest BCUT2D eigenvalue weighted by molar-refractivity contribution is 6.10. The number of carbonyl (C=O) groups excluding carboxylic acids is 1. The molecule has 1 aliphatic rings. The minimum absolute atomic E-state index is 0.0508. The Bertz CT molecular complexity index is 953. The monoisotopic (exact) mass is 434 g/mol. The van der Waals surface area contributed by atoms with Gasteiger partial charge in [-0.2, -0.15) is 0 Å². The standard InChI is InChI=1S/C21H22O10/c22-9-16-18(27)19(28)20(29)21(31-16)30-15-8-12(24)7-14(26)17(15)13(25)6-3-10-1-4-11(23)5-2-10/h1-8,16,18-24,26-29H,9H2/b6-3-/t16-,18+,19-,20-,21+/m0/s1. The molecule has 10 heteroatoms. The Labute approximate surface area is 176 Å². The van der Waals surface area contributed by atoms with Crippen molar-refractivity contribution in [1.29, 1.82) is 0 Å². The highest BCUT2D eigenvalue weighted by atomic mass is 16.7. The van der Waals surface area contributed by atoms with E-state index in [2.05, 4.69) is 0 Å². The lowest BCUT2D eigenvalue weighted by Gasteiger charge is -2.39. The zero-order chi connectivity index (χ0) is 22.7. The highest BCUT2D eigenvalue weighted by Gasteiger charge is 2.45. The van der Waals surface area contributed by atoms with Crippen molar-refractivity contribution in [2.24, 2.45) is 0 Å². The van der Waals surface area contributed by atoms with Gasteiger partial charge in [-0.15, -0.1) is 0 Å². The van der Waals surface area contributed by atoms with Crippen LogP contribution in [0.1, 0.15) is 15.9 Å². The molecule has 0 bridgehead atoms. The second-order valence-electron chi connectivity index (χ2n) is 6.94. The van der Waals surface area contributed by atoms with E-state index in [-0.39, 0.29) is 17.1 Å². The number of ether oxygens (including phenoxy) is 2. The molecule has 1 heterocycles. The van der Waals surface area contributed by atoms with Crippen molar-refractivity contribution in [2.75, 3.05) is 6.61 Å². The third-order valence-electron chi connectivity index (χ3n) is 4.72. The van der Waals surface area contributed by atoms with Crippen LogP contribution in [0.3, 0.4) is 0 Å². The topological polar surface area (TPSA) is 177 Å². The third kappa shape index (κ3) is 4.95. The second kappa shape index (κ2) is 9.33. The van der Waals surface area contributed by atoms with Crippen molar-refractivity contribution in [3.05, 3.63) is 53.6 Å². The van der Waals surface area contributed by atoms with Crippen molar-refractivity contribution in [3.8, 4) is 23.0 Å². The minimum atomic E-state index is -1.75. The molecule has 3 rings (SSSR count). The Morgan fingerprint density at radius 2 is 1.65 bits per heavy atom. The Morgan fingerprint density at radius 3 is 2.29 bits per heavy atom. The maximum atomic E-state index is 12.7. The van der Waals surface area contributed by atoms with Crippen LogP contribution in [0.25, 0.3) is 6.08 Å². The SMILES string of the molecule is O=C(/C=C\c1ccc(O)cc1)c1c(O)cc(O)cc1O[C@@H]1O[C@@H](CO)[C@@H](O)[C@H](O)[C@@H]1O. The fourth-order valence-electron chi connectivity index (χ4n) is 3.06. The summed E-state index contributed by atoms with van der Waals surface area (Å²) in [6.07, 6.45) is -5.39. The summed E-state index contributed by atoms with van der Waals surface area (Å²) in [5.74, 6) is -2.08. The number of phenols is 3. The average molecular weight is 434 g/mol. The third-order valence-corrected chi connectivity index (χ3v) is 4.72. The van der Waals surface area contributed by atoms with Gasteiger partial charge in [-0.1, -0.05) is 18.2 Å². The van der Waals surface area contributed by atoms with E-state index in [4.69, 9.17) is 9.47 Å². The van der Waals surface area contributed by atoms with E-state index >= 15 is 0 Å². The molecule has 0 spiro atoms. The number of hydrogen-bond donors (Lipinski definition) is 7. The summed E-state index contributed by atoms with van der Waals surface area (Å²) in [5.41, 5.74) is 0.227. The fourth-order valence-corrected chi connectivity index (χ4v) is 3.06. The summed E-state index contributed by atoms with van der Waals surface area (Å²) in [5, 5.41) is 68.5. The Kier molecular flexibility index (Phi) is 6.78. The molecule has 0 unspecified atom stereocenters. The molecule has 31 heavy (non-hydrogen) atoms. The van der Waals surface area contributed by atoms with Crippen LogP contribution in [0.2, 0.25) is 0 Å². The molecule has 0 aromatic heterocycles. The van der Waals surface area contributed by atoms with Gasteiger partial charge in [0.1, 0.15) is 53.0 Å². The van der Waals surface area contributed by atoms with Crippen molar-refractivity contribution in [3.63, 3.8) is 0 Å². The number of hydrogen-bond acceptors (Lipinski definition) is 10. The van der Waals surface area contributed by atoms with E-state index in [0.29, 0.717) is 5.56 Å². The van der Waals surface area contributed by atoms with Crippen molar-refractivity contribution < 1.29 is 50.0 Å². The lowest BCUT2D eigenvalue weighted by molar-refractivity contribution is -0.277. The summed E-state index contributed by atoms with van der Waals surface area (Å²) >= 11 is 0. The van der Waals surface area contributed by atoms with Gasteiger partial charge in [0.25, 0.3) is 0 Å². The Balaban J connectivity index is 1.89. The van der Waals surface area contributed by atoms with Crippen LogP contribution in [0.4, 0.5) is 0 Å². The van der Waals surface area contributed by atoms with Gasteiger partial charge in [-0.3, -0.25) is 4.79 Å². The van der Waals surface area contributed by atoms with Gasteiger partial charge in [0.15, 0.2) is 5.78 Å². The molecule has 0 saturated carbocycles. The van der Waals surface area contributed by atoms with E-state index in [1.165, 1.54) is 18.2 Å². The largest absolute Gasteiger partial charge is 0.508 e. The number of rotatable bonds is 6. The van der Waals surface area contributed by atoms with Crippen LogP contribution < -0.4 is 4.74 Å². The zero-order valence-electron chi connectivity index (χ0n) is 16.1. The molecule has 166 valence electrons. The number of phenolic OH excluding ortho intramolecular Hbond substituents is 3. The van der Waals surface area contributed by atoms with E-state index < -0.39 is 54.6 Å². The first-order valence-electron chi connectivity index (χ1n) is 9.26. The Morgan fingerprint density at radius 1 is 0.968 bits per heavy atom. The summed E-state index contributed by atoms with van der Waals surface area (Å²) in [7, 11) is 0. The number of aromatic hydroxyl groups is 3. The number of benzene rings is 2. The quantitative estimate of drug-likeness (QED) is 0.239. The van der Waals surface area contributed by atoms with Gasteiger partial charge in [0.05, 0.1) is 6.61 Å². The molecule has 2 aromatic rings. The Hall–Kier alpha value is -3.15. The van der Waals surface area contributed by atoms with Crippen LogP contribution >= 0.6 is 0 Å². The highest BCUT2D eigenvalue weighted by Crippen LogP contribution is 2.36. The molecular weight excluding hydrogens is 412 g/mol. The number of aliphatic hydroxyl groups is 4. The maximum absolute atomic E-state index is 12.7. The molecule has 2 aromatic carbocycles. The molecule has 1 fully saturated rings. The lowest BCUT2D eigenvalue weighted by Crippen LogP contribution is -2.60. The van der Waals surface area contributed by atoms with Crippen LogP contribution in [-0.2, 0) is 4.74 Å². The summed E-state index contributed by atoms with van der Waals surface area (Å²) in [4.78, 5) is 12.7. The van der Waals surface area contributed by atoms with E-state index in [9.17, 15) is 40.5 Å². The van der Waals surface area contributed by atoms with Crippen molar-refractivity contribution in [2.45, 2.75) is 30.7 Å². The van der Waals surface area contributed by atoms with Crippen LogP contribution in [0.5, 0.6) is 23.0 Å². The van der Waals surface area contributed by atoms with Crippen LogP contribution in [0, 0.1) is 0 Å². The number of carbonyl (C=O) groups is 1. The minimum Gasteiger partial charge on any atom is -0.508 e. The zero-order valence-corrected chi connectivity index (χ0v) is 16.1. The van der Waals surface area contributed by atoms with Crippen LogP contribution in [-0.4, -0.2) is 78.8 Å². The molecule has 0 radical (unpaired) electrons. The van der Waals surface area contributed by atoms with Gasteiger partial charge >= 0.3 is 0 Å². The summed E-state index contributed by atoms with van der Waals surface area (Å²) < 4.78 is 10.7. The van der Waals surface area contributed by atoms with Crippen LogP contribution in [0.15, 0.2) is 42.5 Å². The first kappa shape index (κ1) is 22.5. The average Bonchev–Trinajstić information content (AvgIpc) is 2.73. The molecule has 5 atom stereocenters. The molecule has 0 amide bonds.